The highest BCUT2D eigenvalue weighted by atomic mass is 16.5. The third kappa shape index (κ3) is 2.83. The predicted molar refractivity (Wildman–Crippen MR) is 64.2 cm³/mol. The fourth-order valence-corrected chi connectivity index (χ4v) is 1.86. The Morgan fingerprint density at radius 3 is 3.00 bits per heavy atom. The highest BCUT2D eigenvalue weighted by molar-refractivity contribution is 5.95. The van der Waals surface area contributed by atoms with E-state index in [-0.39, 0.29) is 19.1 Å². The van der Waals surface area contributed by atoms with Crippen LogP contribution < -0.4 is 5.32 Å². The average molecular weight is 251 g/mol. The molecule has 0 radical (unpaired) electrons. The number of carbonyl (C=O) groups is 1. The van der Waals surface area contributed by atoms with Crippen LogP contribution in [0.1, 0.15) is 28.2 Å². The molecule has 1 fully saturated rings. The van der Waals surface area contributed by atoms with Gasteiger partial charge in [-0.1, -0.05) is 0 Å². The van der Waals surface area contributed by atoms with Crippen LogP contribution in [0.5, 0.6) is 0 Å². The highest BCUT2D eigenvalue weighted by Crippen LogP contribution is 2.17. The Hall–Kier alpha value is -1.53. The van der Waals surface area contributed by atoms with Crippen molar-refractivity contribution in [3.63, 3.8) is 0 Å². The van der Waals surface area contributed by atoms with E-state index in [1.165, 1.54) is 0 Å². The molecule has 1 aromatic heterocycles. The number of aromatic nitrogens is 2. The van der Waals surface area contributed by atoms with E-state index in [0.717, 1.165) is 0 Å². The lowest BCUT2D eigenvalue weighted by Gasteiger charge is -2.20. The summed E-state index contributed by atoms with van der Waals surface area (Å²) < 4.78 is 5.12. The number of amides is 1. The van der Waals surface area contributed by atoms with Gasteiger partial charge in [0.15, 0.2) is 0 Å². The predicted octanol–water partition coefficient (Wildman–Crippen LogP) is -0.0254. The zero-order valence-corrected chi connectivity index (χ0v) is 10.6. The number of carbonyl (C=O) groups excluding carboxylic acids is 1. The molecule has 2 rings (SSSR count). The largest absolute Gasteiger partial charge is 0.386 e. The fourth-order valence-electron chi connectivity index (χ4n) is 1.86. The molecule has 0 bridgehead atoms. The van der Waals surface area contributed by atoms with E-state index >= 15 is 0 Å². The summed E-state index contributed by atoms with van der Waals surface area (Å²) in [7, 11) is 0. The lowest BCUT2D eigenvalue weighted by atomic mass is 10.0. The van der Waals surface area contributed by atoms with E-state index in [1.54, 1.807) is 19.9 Å². The molecule has 1 atom stereocenters. The van der Waals surface area contributed by atoms with Gasteiger partial charge in [0.1, 0.15) is 5.60 Å². The highest BCUT2D eigenvalue weighted by Gasteiger charge is 2.32. The third-order valence-corrected chi connectivity index (χ3v) is 3.01. The van der Waals surface area contributed by atoms with Crippen molar-refractivity contribution in [1.29, 1.82) is 0 Å². The number of nitrogens with one attached hydrogen (secondary N) is 1. The first-order valence-corrected chi connectivity index (χ1v) is 5.89. The molecule has 1 aromatic rings. The molecule has 1 unspecified atom stereocenters. The van der Waals surface area contributed by atoms with Gasteiger partial charge in [-0.05, 0) is 19.9 Å². The van der Waals surface area contributed by atoms with Crippen LogP contribution in [0.2, 0.25) is 0 Å². The molecule has 18 heavy (non-hydrogen) atoms. The van der Waals surface area contributed by atoms with Gasteiger partial charge < -0.3 is 15.2 Å². The number of ether oxygens (including phenoxy) is 1. The maximum Gasteiger partial charge on any atom is 0.253 e. The molecule has 0 spiro atoms. The minimum absolute atomic E-state index is 0.187. The first-order chi connectivity index (χ1) is 8.50. The Morgan fingerprint density at radius 2 is 2.33 bits per heavy atom. The zero-order chi connectivity index (χ0) is 13.2. The number of rotatable bonds is 3. The van der Waals surface area contributed by atoms with Crippen LogP contribution in [0.4, 0.5) is 0 Å². The molecular weight excluding hydrogens is 234 g/mol. The van der Waals surface area contributed by atoms with Crippen molar-refractivity contribution in [2.45, 2.75) is 25.9 Å². The molecule has 1 aliphatic heterocycles. The van der Waals surface area contributed by atoms with E-state index in [0.29, 0.717) is 30.0 Å². The molecular formula is C12H17N3O3. The van der Waals surface area contributed by atoms with Crippen molar-refractivity contribution in [2.24, 2.45) is 0 Å². The van der Waals surface area contributed by atoms with Gasteiger partial charge in [0.25, 0.3) is 5.91 Å². The van der Waals surface area contributed by atoms with Crippen molar-refractivity contribution in [3.8, 4) is 0 Å². The van der Waals surface area contributed by atoms with E-state index in [4.69, 9.17) is 4.74 Å². The van der Waals surface area contributed by atoms with E-state index < -0.39 is 5.60 Å². The van der Waals surface area contributed by atoms with Crippen molar-refractivity contribution in [2.75, 3.05) is 19.8 Å². The summed E-state index contributed by atoms with van der Waals surface area (Å²) in [5, 5.41) is 20.5. The Labute approximate surface area is 105 Å². The Kier molecular flexibility index (Phi) is 3.58. The van der Waals surface area contributed by atoms with Crippen molar-refractivity contribution in [1.82, 2.24) is 15.5 Å². The SMILES string of the molecule is Cc1cc(C(=O)NCC2(O)CCOC2)c(C)nn1. The summed E-state index contributed by atoms with van der Waals surface area (Å²) >= 11 is 0. The average Bonchev–Trinajstić information content (AvgIpc) is 2.77. The lowest BCUT2D eigenvalue weighted by Crippen LogP contribution is -2.43. The number of hydrogen-bond donors (Lipinski definition) is 2. The Morgan fingerprint density at radius 1 is 1.56 bits per heavy atom. The molecule has 0 aliphatic carbocycles. The quantitative estimate of drug-likeness (QED) is 0.788. The molecule has 1 amide bonds. The van der Waals surface area contributed by atoms with Gasteiger partial charge >= 0.3 is 0 Å². The Balaban J connectivity index is 2.01. The van der Waals surface area contributed by atoms with Crippen molar-refractivity contribution in [3.05, 3.63) is 23.0 Å². The first kappa shape index (κ1) is 12.9. The molecule has 0 saturated carbocycles. The van der Waals surface area contributed by atoms with Gasteiger partial charge in [-0.3, -0.25) is 4.79 Å². The van der Waals surface area contributed by atoms with E-state index in [9.17, 15) is 9.90 Å². The molecule has 1 aliphatic rings. The molecule has 0 aromatic carbocycles. The van der Waals surface area contributed by atoms with Crippen LogP contribution in [0.25, 0.3) is 0 Å². The van der Waals surface area contributed by atoms with Crippen LogP contribution in [0.3, 0.4) is 0 Å². The lowest BCUT2D eigenvalue weighted by molar-refractivity contribution is 0.0264. The van der Waals surface area contributed by atoms with Gasteiger partial charge in [-0.15, -0.1) is 0 Å². The third-order valence-electron chi connectivity index (χ3n) is 3.01. The number of aliphatic hydroxyl groups is 1. The molecule has 2 heterocycles. The number of aryl methyl sites for hydroxylation is 2. The summed E-state index contributed by atoms with van der Waals surface area (Å²) in [6.07, 6.45) is 0.542. The van der Waals surface area contributed by atoms with Crippen LogP contribution in [0, 0.1) is 13.8 Å². The van der Waals surface area contributed by atoms with Gasteiger partial charge in [0, 0.05) is 19.6 Å². The van der Waals surface area contributed by atoms with Crippen LogP contribution in [-0.4, -0.2) is 46.6 Å². The van der Waals surface area contributed by atoms with E-state index in [2.05, 4.69) is 15.5 Å². The van der Waals surface area contributed by atoms with Gasteiger partial charge in [-0.25, -0.2) is 0 Å². The minimum atomic E-state index is -0.945. The van der Waals surface area contributed by atoms with Crippen LogP contribution in [0.15, 0.2) is 6.07 Å². The number of nitrogens with zero attached hydrogens (tertiary/aromatic N) is 2. The van der Waals surface area contributed by atoms with Gasteiger partial charge in [-0.2, -0.15) is 10.2 Å². The fraction of sp³-hybridized carbons (Fsp3) is 0.583. The normalized spacial score (nSPS) is 23.1. The van der Waals surface area contributed by atoms with E-state index in [1.807, 2.05) is 0 Å². The Bertz CT molecular complexity index is 456. The van der Waals surface area contributed by atoms with Crippen molar-refractivity contribution < 1.29 is 14.6 Å². The first-order valence-electron chi connectivity index (χ1n) is 5.89. The maximum atomic E-state index is 12.0. The van der Waals surface area contributed by atoms with Gasteiger partial charge in [0.05, 0.1) is 23.6 Å². The van der Waals surface area contributed by atoms with Crippen LogP contribution in [-0.2, 0) is 4.74 Å². The second kappa shape index (κ2) is 4.99. The standard InChI is InChI=1S/C12H17N3O3/c1-8-5-10(9(2)15-14-8)11(16)13-6-12(17)3-4-18-7-12/h5,17H,3-4,6-7H2,1-2H3,(H,13,16). The topological polar surface area (TPSA) is 84.3 Å². The summed E-state index contributed by atoms with van der Waals surface area (Å²) in [6.45, 7) is 4.49. The second-order valence-corrected chi connectivity index (χ2v) is 4.69. The summed E-state index contributed by atoms with van der Waals surface area (Å²) in [4.78, 5) is 12.0. The molecule has 6 nitrogen and oxygen atoms in total. The van der Waals surface area contributed by atoms with Crippen molar-refractivity contribution >= 4 is 5.91 Å². The number of hydrogen-bond acceptors (Lipinski definition) is 5. The minimum Gasteiger partial charge on any atom is -0.386 e. The summed E-state index contributed by atoms with van der Waals surface area (Å²) in [5.74, 6) is -0.245. The summed E-state index contributed by atoms with van der Waals surface area (Å²) in [5.41, 5.74) is 0.811. The molecule has 98 valence electrons. The monoisotopic (exact) mass is 251 g/mol. The molecule has 6 heteroatoms. The molecule has 2 N–H and O–H groups in total. The summed E-state index contributed by atoms with van der Waals surface area (Å²) in [6, 6.07) is 1.69. The second-order valence-electron chi connectivity index (χ2n) is 4.69. The van der Waals surface area contributed by atoms with Gasteiger partial charge in [0.2, 0.25) is 0 Å². The zero-order valence-electron chi connectivity index (χ0n) is 10.6. The maximum absolute atomic E-state index is 12.0. The smallest absolute Gasteiger partial charge is 0.253 e. The van der Waals surface area contributed by atoms with Crippen LogP contribution >= 0.6 is 0 Å². The molecule has 1 saturated heterocycles.